The molecule has 0 heterocycles. The van der Waals surface area contributed by atoms with Crippen molar-refractivity contribution >= 4 is 7.37 Å². The molecule has 5 heteroatoms. The largest absolute Gasteiger partial charge is 0.344 e. The van der Waals surface area contributed by atoms with E-state index in [9.17, 15) is 4.57 Å². The summed E-state index contributed by atoms with van der Waals surface area (Å²) in [5, 5.41) is 7.87. The smallest absolute Gasteiger partial charge is 0.202 e. The molecule has 0 aromatic rings. The molecule has 0 aliphatic heterocycles. The SMILES string of the molecule is CC(COO)P(C)(=O)O. The van der Waals surface area contributed by atoms with Crippen LogP contribution in [-0.2, 0) is 9.45 Å². The fourth-order valence-electron chi connectivity index (χ4n) is 0.246. The fraction of sp³-hybridized carbons (Fsp3) is 1.00. The molecule has 2 unspecified atom stereocenters. The van der Waals surface area contributed by atoms with E-state index < -0.39 is 13.0 Å². The van der Waals surface area contributed by atoms with Crippen LogP contribution < -0.4 is 0 Å². The van der Waals surface area contributed by atoms with Crippen LogP contribution in [0.3, 0.4) is 0 Å². The third-order valence-electron chi connectivity index (χ3n) is 1.13. The van der Waals surface area contributed by atoms with Crippen LogP contribution in [0.25, 0.3) is 0 Å². The van der Waals surface area contributed by atoms with Crippen LogP contribution >= 0.6 is 7.37 Å². The highest BCUT2D eigenvalue weighted by Gasteiger charge is 2.20. The Labute approximate surface area is 53.8 Å². The first-order chi connectivity index (χ1) is 3.98. The van der Waals surface area contributed by atoms with Crippen molar-refractivity contribution in [3.8, 4) is 0 Å². The lowest BCUT2D eigenvalue weighted by atomic mass is 10.5. The van der Waals surface area contributed by atoms with Crippen molar-refractivity contribution in [1.82, 2.24) is 0 Å². The standard InChI is InChI=1S/C4H11O4P/c1-4(3-8-5)9(2,6)7/h4-5H,3H2,1-2H3,(H,6,7). The van der Waals surface area contributed by atoms with Crippen molar-refractivity contribution in [2.75, 3.05) is 13.3 Å². The molecule has 0 saturated carbocycles. The summed E-state index contributed by atoms with van der Waals surface area (Å²) in [6, 6.07) is 0. The molecule has 0 aromatic heterocycles. The van der Waals surface area contributed by atoms with Crippen LogP contribution in [0.5, 0.6) is 0 Å². The van der Waals surface area contributed by atoms with E-state index in [2.05, 4.69) is 4.89 Å². The third kappa shape index (κ3) is 3.65. The maximum absolute atomic E-state index is 10.7. The van der Waals surface area contributed by atoms with Crippen LogP contribution in [0.4, 0.5) is 0 Å². The normalized spacial score (nSPS) is 20.9. The van der Waals surface area contributed by atoms with Crippen molar-refractivity contribution in [3.63, 3.8) is 0 Å². The van der Waals surface area contributed by atoms with Crippen molar-refractivity contribution in [3.05, 3.63) is 0 Å². The molecule has 56 valence electrons. The molecule has 0 fully saturated rings. The average Bonchev–Trinajstić information content (AvgIpc) is 1.64. The first kappa shape index (κ1) is 9.11. The quantitative estimate of drug-likeness (QED) is 0.358. The minimum Gasteiger partial charge on any atom is -0.344 e. The molecular weight excluding hydrogens is 143 g/mol. The van der Waals surface area contributed by atoms with Gasteiger partial charge in [-0.25, -0.2) is 4.89 Å². The zero-order valence-corrected chi connectivity index (χ0v) is 6.34. The number of hydrogen-bond acceptors (Lipinski definition) is 3. The minimum absolute atomic E-state index is 0.0930. The maximum atomic E-state index is 10.7. The van der Waals surface area contributed by atoms with E-state index in [-0.39, 0.29) is 6.61 Å². The topological polar surface area (TPSA) is 66.8 Å². The zero-order chi connectivity index (χ0) is 7.49. The van der Waals surface area contributed by atoms with Crippen LogP contribution in [0.2, 0.25) is 0 Å². The fourth-order valence-corrected chi connectivity index (χ4v) is 0.589. The van der Waals surface area contributed by atoms with Crippen LogP contribution in [0, 0.1) is 0 Å². The Morgan fingerprint density at radius 1 is 1.78 bits per heavy atom. The van der Waals surface area contributed by atoms with Gasteiger partial charge in [0.15, 0.2) is 0 Å². The van der Waals surface area contributed by atoms with Crippen molar-refractivity contribution in [2.24, 2.45) is 0 Å². The van der Waals surface area contributed by atoms with Gasteiger partial charge >= 0.3 is 0 Å². The lowest BCUT2D eigenvalue weighted by molar-refractivity contribution is -0.241. The van der Waals surface area contributed by atoms with E-state index in [1.807, 2.05) is 0 Å². The second-order valence-corrected chi connectivity index (χ2v) is 4.86. The lowest BCUT2D eigenvalue weighted by Crippen LogP contribution is -2.09. The molecule has 0 aliphatic carbocycles. The predicted molar refractivity (Wildman–Crippen MR) is 33.8 cm³/mol. The highest BCUT2D eigenvalue weighted by atomic mass is 31.2. The molecule has 0 rings (SSSR count). The van der Waals surface area contributed by atoms with Crippen LogP contribution in [0.1, 0.15) is 6.92 Å². The van der Waals surface area contributed by atoms with E-state index in [1.54, 1.807) is 0 Å². The van der Waals surface area contributed by atoms with Crippen LogP contribution in [-0.4, -0.2) is 29.1 Å². The Kier molecular flexibility index (Phi) is 3.36. The van der Waals surface area contributed by atoms with E-state index in [0.717, 1.165) is 0 Å². The minimum atomic E-state index is -3.06. The Bertz CT molecular complexity index is 118. The first-order valence-corrected chi connectivity index (χ1v) is 4.72. The Morgan fingerprint density at radius 3 is 2.33 bits per heavy atom. The summed E-state index contributed by atoms with van der Waals surface area (Å²) < 4.78 is 10.7. The molecule has 0 saturated heterocycles. The Morgan fingerprint density at radius 2 is 2.22 bits per heavy atom. The van der Waals surface area contributed by atoms with Gasteiger partial charge in [0.25, 0.3) is 0 Å². The summed E-state index contributed by atoms with van der Waals surface area (Å²) in [5.41, 5.74) is -0.498. The number of hydrogen-bond donors (Lipinski definition) is 2. The number of rotatable bonds is 3. The van der Waals surface area contributed by atoms with Crippen LogP contribution in [0.15, 0.2) is 0 Å². The lowest BCUT2D eigenvalue weighted by Gasteiger charge is -2.11. The van der Waals surface area contributed by atoms with Gasteiger partial charge in [-0.15, -0.1) is 0 Å². The molecule has 0 aliphatic rings. The molecule has 9 heavy (non-hydrogen) atoms. The van der Waals surface area contributed by atoms with Gasteiger partial charge in [0, 0.05) is 6.66 Å². The molecule has 0 radical (unpaired) electrons. The summed E-state index contributed by atoms with van der Waals surface area (Å²) in [5.74, 6) is 0. The van der Waals surface area contributed by atoms with Gasteiger partial charge in [0.05, 0.1) is 12.3 Å². The highest BCUT2D eigenvalue weighted by Crippen LogP contribution is 2.41. The van der Waals surface area contributed by atoms with Gasteiger partial charge in [-0.1, -0.05) is 6.92 Å². The second-order valence-electron chi connectivity index (χ2n) is 2.09. The first-order valence-electron chi connectivity index (χ1n) is 2.54. The molecule has 0 aromatic carbocycles. The van der Waals surface area contributed by atoms with Gasteiger partial charge in [0.2, 0.25) is 7.37 Å². The summed E-state index contributed by atoms with van der Waals surface area (Å²) in [6.45, 7) is 2.68. The average molecular weight is 154 g/mol. The molecule has 0 spiro atoms. The molecule has 0 amide bonds. The summed E-state index contributed by atoms with van der Waals surface area (Å²) in [4.78, 5) is 12.5. The molecule has 4 nitrogen and oxygen atoms in total. The molecule has 0 bridgehead atoms. The van der Waals surface area contributed by atoms with E-state index in [4.69, 9.17) is 10.2 Å². The van der Waals surface area contributed by atoms with E-state index in [1.165, 1.54) is 13.6 Å². The zero-order valence-electron chi connectivity index (χ0n) is 5.44. The maximum Gasteiger partial charge on any atom is 0.202 e. The van der Waals surface area contributed by atoms with Gasteiger partial charge < -0.3 is 4.89 Å². The second kappa shape index (κ2) is 3.32. The monoisotopic (exact) mass is 154 g/mol. The summed E-state index contributed by atoms with van der Waals surface area (Å²) in [6.07, 6.45) is 0. The summed E-state index contributed by atoms with van der Waals surface area (Å²) >= 11 is 0. The molecular formula is C4H11O4P. The Balaban J connectivity index is 3.74. The van der Waals surface area contributed by atoms with Gasteiger partial charge in [-0.3, -0.25) is 9.82 Å². The molecule has 2 atom stereocenters. The van der Waals surface area contributed by atoms with Crippen molar-refractivity contribution in [2.45, 2.75) is 12.6 Å². The van der Waals surface area contributed by atoms with E-state index in [0.29, 0.717) is 0 Å². The van der Waals surface area contributed by atoms with Gasteiger partial charge in [0.1, 0.15) is 0 Å². The van der Waals surface area contributed by atoms with Crippen molar-refractivity contribution < 1.29 is 19.6 Å². The Hall–Kier alpha value is 0.110. The van der Waals surface area contributed by atoms with E-state index >= 15 is 0 Å². The highest BCUT2D eigenvalue weighted by molar-refractivity contribution is 7.57. The summed E-state index contributed by atoms with van der Waals surface area (Å²) in [7, 11) is -3.06. The van der Waals surface area contributed by atoms with Gasteiger partial charge in [-0.05, 0) is 0 Å². The van der Waals surface area contributed by atoms with Gasteiger partial charge in [-0.2, -0.15) is 0 Å². The van der Waals surface area contributed by atoms with Crippen molar-refractivity contribution in [1.29, 1.82) is 0 Å². The predicted octanol–water partition coefficient (Wildman–Crippen LogP) is 0.765. The third-order valence-corrected chi connectivity index (χ3v) is 2.92. The molecule has 2 N–H and O–H groups in total.